The molecule has 0 aliphatic heterocycles. The van der Waals surface area contributed by atoms with E-state index in [4.69, 9.17) is 8.83 Å². The van der Waals surface area contributed by atoms with Crippen LogP contribution in [-0.2, 0) is 19.4 Å². The summed E-state index contributed by atoms with van der Waals surface area (Å²) in [4.78, 5) is 30.2. The fraction of sp³-hybridized carbons (Fsp3) is 0.310. The van der Waals surface area contributed by atoms with Gasteiger partial charge < -0.3 is 14.2 Å². The predicted molar refractivity (Wildman–Crippen MR) is 147 cm³/mol. The Morgan fingerprint density at radius 1 is 1.21 bits per heavy atom. The molecule has 1 aliphatic rings. The van der Waals surface area contributed by atoms with Gasteiger partial charge in [0.15, 0.2) is 0 Å². The number of thiophene rings is 1. The SMILES string of the molecule is CC(C)(C)[C@@H]1CCc2c(sc(N=Cc3ccc(-c4ccccc4[N+](=O)[O-])o3)c2C(=O)NCc2ccco2)C1. The van der Waals surface area contributed by atoms with Gasteiger partial charge >= 0.3 is 0 Å². The van der Waals surface area contributed by atoms with Gasteiger partial charge in [0.05, 0.1) is 35.1 Å². The first kappa shape index (κ1) is 25.7. The molecule has 1 aliphatic carbocycles. The first-order valence-corrected chi connectivity index (χ1v) is 13.3. The number of nitro benzene ring substituents is 1. The van der Waals surface area contributed by atoms with E-state index in [2.05, 4.69) is 31.1 Å². The van der Waals surface area contributed by atoms with Crippen molar-refractivity contribution in [3.05, 3.63) is 92.4 Å². The van der Waals surface area contributed by atoms with Crippen LogP contribution in [0.3, 0.4) is 0 Å². The van der Waals surface area contributed by atoms with Crippen molar-refractivity contribution >= 4 is 34.1 Å². The predicted octanol–water partition coefficient (Wildman–Crippen LogP) is 7.34. The maximum atomic E-state index is 13.4. The molecule has 1 atom stereocenters. The van der Waals surface area contributed by atoms with Gasteiger partial charge in [-0.1, -0.05) is 32.9 Å². The summed E-state index contributed by atoms with van der Waals surface area (Å²) in [5.74, 6) is 1.85. The standard InChI is InChI=1S/C29H29N3O5S/c1-29(2,3)18-10-12-22-25(15-18)38-28(26(22)27(33)30-16-19-7-6-14-36-19)31-17-20-11-13-24(37-20)21-8-4-5-9-23(21)32(34)35/h4-9,11,13-14,17-18H,10,12,15-16H2,1-3H3,(H,30,33)/t18-/m1/s1. The van der Waals surface area contributed by atoms with E-state index >= 15 is 0 Å². The summed E-state index contributed by atoms with van der Waals surface area (Å²) >= 11 is 1.55. The largest absolute Gasteiger partial charge is 0.467 e. The molecule has 0 unspecified atom stereocenters. The van der Waals surface area contributed by atoms with Gasteiger partial charge in [0.1, 0.15) is 22.3 Å². The van der Waals surface area contributed by atoms with Crippen LogP contribution >= 0.6 is 11.3 Å². The van der Waals surface area contributed by atoms with E-state index in [9.17, 15) is 14.9 Å². The van der Waals surface area contributed by atoms with Gasteiger partial charge in [-0.05, 0) is 66.5 Å². The summed E-state index contributed by atoms with van der Waals surface area (Å²) in [7, 11) is 0. The minimum absolute atomic E-state index is 0.0276. The molecule has 3 aromatic heterocycles. The summed E-state index contributed by atoms with van der Waals surface area (Å²) in [6.07, 6.45) is 5.92. The van der Waals surface area contributed by atoms with Crippen molar-refractivity contribution in [1.82, 2.24) is 5.32 Å². The molecule has 0 saturated heterocycles. The van der Waals surface area contributed by atoms with Gasteiger partial charge in [-0.2, -0.15) is 0 Å². The van der Waals surface area contributed by atoms with Crippen LogP contribution in [0, 0.1) is 21.4 Å². The summed E-state index contributed by atoms with van der Waals surface area (Å²) in [5.41, 5.74) is 2.22. The number of furan rings is 2. The molecule has 5 rings (SSSR count). The fourth-order valence-electron chi connectivity index (χ4n) is 4.84. The quantitative estimate of drug-likeness (QED) is 0.152. The first-order valence-electron chi connectivity index (χ1n) is 12.5. The molecule has 0 spiro atoms. The Morgan fingerprint density at radius 2 is 2.03 bits per heavy atom. The molecule has 0 bridgehead atoms. The van der Waals surface area contributed by atoms with Crippen LogP contribution in [0.5, 0.6) is 0 Å². The highest BCUT2D eigenvalue weighted by molar-refractivity contribution is 7.16. The molecule has 1 aromatic carbocycles. The molecule has 38 heavy (non-hydrogen) atoms. The Bertz CT molecular complexity index is 1490. The number of nitrogens with one attached hydrogen (secondary N) is 1. The summed E-state index contributed by atoms with van der Waals surface area (Å²) in [6, 6.07) is 13.5. The number of amides is 1. The Balaban J connectivity index is 1.45. The highest BCUT2D eigenvalue weighted by atomic mass is 32.1. The fourth-order valence-corrected chi connectivity index (χ4v) is 6.10. The van der Waals surface area contributed by atoms with Gasteiger partial charge in [-0.15, -0.1) is 11.3 Å². The third kappa shape index (κ3) is 5.33. The minimum atomic E-state index is -0.430. The topological polar surface area (TPSA) is 111 Å². The number of rotatable bonds is 7. The van der Waals surface area contributed by atoms with Crippen LogP contribution in [0.2, 0.25) is 0 Å². The van der Waals surface area contributed by atoms with Crippen molar-refractivity contribution in [2.24, 2.45) is 16.3 Å². The van der Waals surface area contributed by atoms with Crippen molar-refractivity contribution in [2.75, 3.05) is 0 Å². The maximum absolute atomic E-state index is 13.4. The monoisotopic (exact) mass is 531 g/mol. The van der Waals surface area contributed by atoms with Gasteiger partial charge in [-0.25, -0.2) is 4.99 Å². The molecule has 0 saturated carbocycles. The molecule has 8 nitrogen and oxygen atoms in total. The van der Waals surface area contributed by atoms with Crippen molar-refractivity contribution in [3.8, 4) is 11.3 Å². The number of para-hydroxylation sites is 1. The van der Waals surface area contributed by atoms with Crippen LogP contribution in [0.4, 0.5) is 10.7 Å². The zero-order valence-corrected chi connectivity index (χ0v) is 22.3. The number of hydrogen-bond acceptors (Lipinski definition) is 7. The van der Waals surface area contributed by atoms with Crippen LogP contribution in [0.25, 0.3) is 11.3 Å². The van der Waals surface area contributed by atoms with Crippen LogP contribution in [0.15, 0.2) is 68.6 Å². The lowest BCUT2D eigenvalue weighted by molar-refractivity contribution is -0.384. The molecule has 4 aromatic rings. The summed E-state index contributed by atoms with van der Waals surface area (Å²) < 4.78 is 11.2. The van der Waals surface area contributed by atoms with Crippen LogP contribution < -0.4 is 5.32 Å². The molecule has 0 fully saturated rings. The van der Waals surface area contributed by atoms with Gasteiger partial charge in [0.2, 0.25) is 0 Å². The minimum Gasteiger partial charge on any atom is -0.467 e. The lowest BCUT2D eigenvalue weighted by atomic mass is 9.72. The molecule has 0 radical (unpaired) electrons. The second-order valence-corrected chi connectivity index (χ2v) is 11.6. The third-order valence-electron chi connectivity index (χ3n) is 7.00. The number of fused-ring (bicyclic) bond motifs is 1. The number of nitrogens with zero attached hydrogens (tertiary/aromatic N) is 2. The van der Waals surface area contributed by atoms with Crippen molar-refractivity contribution in [3.63, 3.8) is 0 Å². The molecule has 196 valence electrons. The molecule has 3 heterocycles. The zero-order valence-electron chi connectivity index (χ0n) is 21.5. The van der Waals surface area contributed by atoms with Crippen molar-refractivity contribution in [2.45, 2.75) is 46.6 Å². The third-order valence-corrected chi connectivity index (χ3v) is 8.17. The number of carbonyl (C=O) groups excluding carboxylic acids is 1. The lowest BCUT2D eigenvalue weighted by Crippen LogP contribution is -2.28. The van der Waals surface area contributed by atoms with Gasteiger partial charge in [0.25, 0.3) is 11.6 Å². The smallest absolute Gasteiger partial charge is 0.280 e. The van der Waals surface area contributed by atoms with E-state index in [1.165, 1.54) is 10.9 Å². The first-order chi connectivity index (χ1) is 18.2. The van der Waals surface area contributed by atoms with E-state index in [-0.39, 0.29) is 17.0 Å². The van der Waals surface area contributed by atoms with Crippen molar-refractivity contribution < 1.29 is 18.6 Å². The molecular formula is C29H29N3O5S. The summed E-state index contributed by atoms with van der Waals surface area (Å²) in [5, 5.41) is 15.0. The van der Waals surface area contributed by atoms with Crippen molar-refractivity contribution in [1.29, 1.82) is 0 Å². The molecule has 1 N–H and O–H groups in total. The van der Waals surface area contributed by atoms with Gasteiger partial charge in [-0.3, -0.25) is 14.9 Å². The Kier molecular flexibility index (Phi) is 7.03. The second-order valence-electron chi connectivity index (χ2n) is 10.5. The highest BCUT2D eigenvalue weighted by Crippen LogP contribution is 2.45. The number of aliphatic imine (C=N–C) groups is 1. The highest BCUT2D eigenvalue weighted by Gasteiger charge is 2.33. The lowest BCUT2D eigenvalue weighted by Gasteiger charge is -2.33. The van der Waals surface area contributed by atoms with E-state index in [1.807, 2.05) is 6.07 Å². The molecule has 1 amide bonds. The maximum Gasteiger partial charge on any atom is 0.280 e. The van der Waals surface area contributed by atoms with E-state index in [1.54, 1.807) is 60.2 Å². The normalized spacial score (nSPS) is 15.5. The van der Waals surface area contributed by atoms with Crippen LogP contribution in [0.1, 0.15) is 59.5 Å². The van der Waals surface area contributed by atoms with Gasteiger partial charge in [0, 0.05) is 10.9 Å². The van der Waals surface area contributed by atoms with E-state index < -0.39 is 4.92 Å². The van der Waals surface area contributed by atoms with Crippen LogP contribution in [-0.4, -0.2) is 17.0 Å². The Morgan fingerprint density at radius 3 is 2.76 bits per heavy atom. The molecular weight excluding hydrogens is 502 g/mol. The average Bonchev–Trinajstić information content (AvgIpc) is 3.65. The Labute approximate surface area is 224 Å². The van der Waals surface area contributed by atoms with E-state index in [0.717, 1.165) is 24.8 Å². The number of nitro groups is 1. The average molecular weight is 532 g/mol. The Hall–Kier alpha value is -3.98. The number of hydrogen-bond donors (Lipinski definition) is 1. The summed E-state index contributed by atoms with van der Waals surface area (Å²) in [6.45, 7) is 7.08. The van der Waals surface area contributed by atoms with E-state index in [0.29, 0.717) is 45.9 Å². The zero-order chi connectivity index (χ0) is 26.9. The second kappa shape index (κ2) is 10.4. The molecule has 9 heteroatoms. The number of carbonyl (C=O) groups is 1. The number of benzene rings is 1.